The molecule has 0 fully saturated rings. The van der Waals surface area contributed by atoms with Gasteiger partial charge < -0.3 is 21.4 Å². The lowest BCUT2D eigenvalue weighted by Crippen LogP contribution is -2.23. The SMILES string of the molecule is CCC(CCO)CNCc1ccc(/C(N)=N/O)cc1Cl. The van der Waals surface area contributed by atoms with Gasteiger partial charge in [-0.15, -0.1) is 0 Å². The van der Waals surface area contributed by atoms with Gasteiger partial charge in [0.05, 0.1) is 0 Å². The maximum absolute atomic E-state index is 8.94. The second-order valence-corrected chi connectivity index (χ2v) is 5.12. The van der Waals surface area contributed by atoms with E-state index in [1.54, 1.807) is 12.1 Å². The summed E-state index contributed by atoms with van der Waals surface area (Å²) in [6.07, 6.45) is 1.84. The van der Waals surface area contributed by atoms with Crippen LogP contribution in [0.1, 0.15) is 30.9 Å². The molecule has 0 aliphatic carbocycles. The van der Waals surface area contributed by atoms with Crippen molar-refractivity contribution in [2.45, 2.75) is 26.3 Å². The lowest BCUT2D eigenvalue weighted by atomic mass is 10.0. The zero-order valence-electron chi connectivity index (χ0n) is 11.6. The Hall–Kier alpha value is -1.30. The van der Waals surface area contributed by atoms with Crippen molar-refractivity contribution in [2.75, 3.05) is 13.2 Å². The Balaban J connectivity index is 2.56. The topological polar surface area (TPSA) is 90.9 Å². The number of aliphatic hydroxyl groups is 1. The minimum Gasteiger partial charge on any atom is -0.409 e. The van der Waals surface area contributed by atoms with Crippen LogP contribution in [0.2, 0.25) is 5.02 Å². The fraction of sp³-hybridized carbons (Fsp3) is 0.500. The average Bonchev–Trinajstić information content (AvgIpc) is 2.46. The first kappa shape index (κ1) is 16.8. The molecule has 20 heavy (non-hydrogen) atoms. The number of aliphatic hydroxyl groups excluding tert-OH is 1. The van der Waals surface area contributed by atoms with Crippen LogP contribution in [0.3, 0.4) is 0 Å². The van der Waals surface area contributed by atoms with Gasteiger partial charge in [-0.3, -0.25) is 0 Å². The summed E-state index contributed by atoms with van der Waals surface area (Å²) in [4.78, 5) is 0. The zero-order valence-corrected chi connectivity index (χ0v) is 12.4. The standard InChI is InChI=1S/C14H22ClN3O2/c1-2-10(5-6-19)8-17-9-12-4-3-11(7-13(12)15)14(16)18-20/h3-4,7,10,17,19-20H,2,5-6,8-9H2,1H3,(H2,16,18). The highest BCUT2D eigenvalue weighted by Crippen LogP contribution is 2.18. The molecule has 0 aliphatic heterocycles. The van der Waals surface area contributed by atoms with E-state index in [1.165, 1.54) is 0 Å². The number of halogens is 1. The van der Waals surface area contributed by atoms with Crippen molar-refractivity contribution in [1.82, 2.24) is 5.32 Å². The summed E-state index contributed by atoms with van der Waals surface area (Å²) in [5, 5.41) is 24.4. The highest BCUT2D eigenvalue weighted by molar-refractivity contribution is 6.31. The molecule has 0 aliphatic rings. The van der Waals surface area contributed by atoms with Crippen LogP contribution in [0.4, 0.5) is 0 Å². The fourth-order valence-electron chi connectivity index (χ4n) is 1.95. The van der Waals surface area contributed by atoms with E-state index in [4.69, 9.17) is 27.6 Å². The maximum Gasteiger partial charge on any atom is 0.170 e. The summed E-state index contributed by atoms with van der Waals surface area (Å²) in [7, 11) is 0. The summed E-state index contributed by atoms with van der Waals surface area (Å²) in [5.41, 5.74) is 7.06. The van der Waals surface area contributed by atoms with Gasteiger partial charge in [0, 0.05) is 23.7 Å². The first-order chi connectivity index (χ1) is 9.62. The highest BCUT2D eigenvalue weighted by Gasteiger charge is 2.07. The third-order valence-corrected chi connectivity index (χ3v) is 3.67. The van der Waals surface area contributed by atoms with Gasteiger partial charge in [-0.2, -0.15) is 0 Å². The summed E-state index contributed by atoms with van der Waals surface area (Å²) < 4.78 is 0. The number of nitrogens with zero attached hydrogens (tertiary/aromatic N) is 1. The van der Waals surface area contributed by atoms with Crippen LogP contribution in [0.25, 0.3) is 0 Å². The predicted molar refractivity (Wildman–Crippen MR) is 81.2 cm³/mol. The summed E-state index contributed by atoms with van der Waals surface area (Å²) in [6.45, 7) is 3.82. The Morgan fingerprint density at radius 2 is 2.25 bits per heavy atom. The first-order valence-electron chi connectivity index (χ1n) is 6.70. The summed E-state index contributed by atoms with van der Waals surface area (Å²) in [5.74, 6) is 0.510. The molecule has 0 saturated heterocycles. The van der Waals surface area contributed by atoms with E-state index in [2.05, 4.69) is 17.4 Å². The molecule has 1 aromatic carbocycles. The van der Waals surface area contributed by atoms with Crippen LogP contribution in [0.15, 0.2) is 23.4 Å². The van der Waals surface area contributed by atoms with Gasteiger partial charge in [0.15, 0.2) is 5.84 Å². The predicted octanol–water partition coefficient (Wildman–Crippen LogP) is 1.93. The molecule has 1 unspecified atom stereocenters. The zero-order chi connectivity index (χ0) is 15.0. The van der Waals surface area contributed by atoms with Crippen LogP contribution >= 0.6 is 11.6 Å². The Morgan fingerprint density at radius 1 is 1.50 bits per heavy atom. The molecule has 1 atom stereocenters. The second kappa shape index (κ2) is 8.79. The van der Waals surface area contributed by atoms with Crippen molar-refractivity contribution in [1.29, 1.82) is 0 Å². The van der Waals surface area contributed by atoms with Gasteiger partial charge in [-0.1, -0.05) is 42.2 Å². The molecule has 1 rings (SSSR count). The summed E-state index contributed by atoms with van der Waals surface area (Å²) >= 11 is 6.17. The van der Waals surface area contributed by atoms with Crippen molar-refractivity contribution in [3.63, 3.8) is 0 Å². The van der Waals surface area contributed by atoms with E-state index in [-0.39, 0.29) is 12.4 Å². The Bertz CT molecular complexity index is 452. The van der Waals surface area contributed by atoms with Crippen molar-refractivity contribution in [3.8, 4) is 0 Å². The number of benzene rings is 1. The number of nitrogens with one attached hydrogen (secondary N) is 1. The van der Waals surface area contributed by atoms with Crippen LogP contribution in [-0.4, -0.2) is 29.3 Å². The first-order valence-corrected chi connectivity index (χ1v) is 7.08. The Labute approximate surface area is 124 Å². The fourth-order valence-corrected chi connectivity index (χ4v) is 2.20. The molecular weight excluding hydrogens is 278 g/mol. The van der Waals surface area contributed by atoms with E-state index in [0.717, 1.165) is 24.9 Å². The van der Waals surface area contributed by atoms with Crippen molar-refractivity contribution in [2.24, 2.45) is 16.8 Å². The van der Waals surface area contributed by atoms with Gasteiger partial charge in [0.1, 0.15) is 0 Å². The van der Waals surface area contributed by atoms with E-state index in [1.807, 2.05) is 6.07 Å². The van der Waals surface area contributed by atoms with Crippen LogP contribution in [0, 0.1) is 5.92 Å². The number of nitrogens with two attached hydrogens (primary N) is 1. The molecule has 6 heteroatoms. The van der Waals surface area contributed by atoms with E-state index >= 15 is 0 Å². The molecule has 1 aromatic rings. The smallest absolute Gasteiger partial charge is 0.170 e. The molecule has 5 N–H and O–H groups in total. The largest absolute Gasteiger partial charge is 0.409 e. The van der Waals surface area contributed by atoms with Crippen molar-refractivity contribution >= 4 is 17.4 Å². The number of rotatable bonds is 8. The molecule has 5 nitrogen and oxygen atoms in total. The van der Waals surface area contributed by atoms with Gasteiger partial charge >= 0.3 is 0 Å². The van der Waals surface area contributed by atoms with Crippen molar-refractivity contribution < 1.29 is 10.3 Å². The maximum atomic E-state index is 8.94. The lowest BCUT2D eigenvalue weighted by molar-refractivity contribution is 0.251. The van der Waals surface area contributed by atoms with E-state index in [9.17, 15) is 0 Å². The van der Waals surface area contributed by atoms with E-state index in [0.29, 0.717) is 23.0 Å². The average molecular weight is 300 g/mol. The number of hydrogen-bond donors (Lipinski definition) is 4. The second-order valence-electron chi connectivity index (χ2n) is 4.71. The molecule has 0 heterocycles. The van der Waals surface area contributed by atoms with Gasteiger partial charge in [-0.05, 0) is 30.5 Å². The minimum absolute atomic E-state index is 0.0420. The normalized spacial score (nSPS) is 13.4. The van der Waals surface area contributed by atoms with Crippen LogP contribution in [-0.2, 0) is 6.54 Å². The highest BCUT2D eigenvalue weighted by atomic mass is 35.5. The third kappa shape index (κ3) is 5.00. The Kier molecular flexibility index (Phi) is 7.36. The molecule has 0 spiro atoms. The third-order valence-electron chi connectivity index (χ3n) is 3.32. The molecule has 0 bridgehead atoms. The van der Waals surface area contributed by atoms with Crippen LogP contribution < -0.4 is 11.1 Å². The van der Waals surface area contributed by atoms with Gasteiger partial charge in [0.25, 0.3) is 0 Å². The molecule has 0 saturated carbocycles. The van der Waals surface area contributed by atoms with E-state index < -0.39 is 0 Å². The minimum atomic E-state index is 0.0420. The molecule has 0 radical (unpaired) electrons. The molecule has 0 amide bonds. The van der Waals surface area contributed by atoms with Crippen molar-refractivity contribution in [3.05, 3.63) is 34.3 Å². The number of amidine groups is 1. The molecule has 112 valence electrons. The quantitative estimate of drug-likeness (QED) is 0.255. The van der Waals surface area contributed by atoms with Gasteiger partial charge in [-0.25, -0.2) is 0 Å². The number of hydrogen-bond acceptors (Lipinski definition) is 4. The molecule has 0 aromatic heterocycles. The number of oxime groups is 1. The molecular formula is C14H22ClN3O2. The van der Waals surface area contributed by atoms with Crippen LogP contribution in [0.5, 0.6) is 0 Å². The lowest BCUT2D eigenvalue weighted by Gasteiger charge is -2.15. The monoisotopic (exact) mass is 299 g/mol. The van der Waals surface area contributed by atoms with Gasteiger partial charge in [0.2, 0.25) is 0 Å². The Morgan fingerprint density at radius 3 is 2.80 bits per heavy atom. The summed E-state index contributed by atoms with van der Waals surface area (Å²) in [6, 6.07) is 5.30.